The van der Waals surface area contributed by atoms with Crippen LogP contribution < -0.4 is 10.6 Å². The molecule has 2 aliphatic rings. The van der Waals surface area contributed by atoms with Gasteiger partial charge in [-0.2, -0.15) is 0 Å². The first-order valence-electron chi connectivity index (χ1n) is 9.16. The molecule has 0 unspecified atom stereocenters. The second-order valence-corrected chi connectivity index (χ2v) is 7.18. The molecule has 1 heterocycles. The lowest BCUT2D eigenvalue weighted by Crippen LogP contribution is -2.37. The van der Waals surface area contributed by atoms with Gasteiger partial charge in [0.2, 0.25) is 5.91 Å². The second-order valence-electron chi connectivity index (χ2n) is 7.18. The lowest BCUT2D eigenvalue weighted by atomic mass is 10.1. The molecule has 0 aromatic heterocycles. The third-order valence-corrected chi connectivity index (χ3v) is 5.20. The summed E-state index contributed by atoms with van der Waals surface area (Å²) in [6, 6.07) is 5.56. The average Bonchev–Trinajstić information content (AvgIpc) is 3.13. The summed E-state index contributed by atoms with van der Waals surface area (Å²) < 4.78 is 0. The Morgan fingerprint density at radius 3 is 2.56 bits per heavy atom. The predicted molar refractivity (Wildman–Crippen MR) is 101 cm³/mol. The standard InChI is InChI=1S/C20H27N3O2/c1-14-9-11-23(12-10-14)20(25)21-17-8-7-15(2)18(13-17)22-19(24)16-5-3-4-6-16/h7-9,13,16H,3-6,10-12H2,1-2H3,(H,21,25)(H,22,24). The first kappa shape index (κ1) is 17.5. The topological polar surface area (TPSA) is 61.4 Å². The van der Waals surface area contributed by atoms with Crippen molar-refractivity contribution in [3.05, 3.63) is 35.4 Å². The molecule has 3 amide bonds. The lowest BCUT2D eigenvalue weighted by molar-refractivity contribution is -0.119. The van der Waals surface area contributed by atoms with Gasteiger partial charge in [-0.1, -0.05) is 30.6 Å². The van der Waals surface area contributed by atoms with Crippen molar-refractivity contribution in [2.45, 2.75) is 46.0 Å². The van der Waals surface area contributed by atoms with Crippen LogP contribution in [0, 0.1) is 12.8 Å². The molecule has 3 rings (SSSR count). The lowest BCUT2D eigenvalue weighted by Gasteiger charge is -2.25. The highest BCUT2D eigenvalue weighted by Gasteiger charge is 2.23. The minimum absolute atomic E-state index is 0.0966. The number of benzene rings is 1. The molecule has 1 saturated carbocycles. The van der Waals surface area contributed by atoms with Crippen molar-refractivity contribution in [2.75, 3.05) is 23.7 Å². The van der Waals surface area contributed by atoms with E-state index in [0.717, 1.165) is 49.9 Å². The van der Waals surface area contributed by atoms with Crippen LogP contribution in [0.15, 0.2) is 29.8 Å². The van der Waals surface area contributed by atoms with Crippen molar-refractivity contribution in [3.8, 4) is 0 Å². The molecule has 0 radical (unpaired) electrons. The third kappa shape index (κ3) is 4.41. The van der Waals surface area contributed by atoms with Crippen LogP contribution in [0.1, 0.15) is 44.6 Å². The fourth-order valence-corrected chi connectivity index (χ4v) is 3.41. The maximum absolute atomic E-state index is 12.4. The first-order chi connectivity index (χ1) is 12.0. The van der Waals surface area contributed by atoms with Gasteiger partial charge in [0.15, 0.2) is 0 Å². The Morgan fingerprint density at radius 1 is 1.12 bits per heavy atom. The molecule has 1 fully saturated rings. The summed E-state index contributed by atoms with van der Waals surface area (Å²) in [4.78, 5) is 26.6. The van der Waals surface area contributed by atoms with E-state index >= 15 is 0 Å². The molecule has 134 valence electrons. The smallest absolute Gasteiger partial charge is 0.322 e. The molecule has 25 heavy (non-hydrogen) atoms. The maximum atomic E-state index is 12.4. The molecule has 1 aromatic rings. The van der Waals surface area contributed by atoms with Gasteiger partial charge in [-0.05, 0) is 50.8 Å². The molecule has 1 aromatic carbocycles. The molecule has 1 aliphatic carbocycles. The first-order valence-corrected chi connectivity index (χ1v) is 9.16. The van der Waals surface area contributed by atoms with Crippen LogP contribution in [0.5, 0.6) is 0 Å². The van der Waals surface area contributed by atoms with Gasteiger partial charge in [0.1, 0.15) is 0 Å². The molecule has 0 spiro atoms. The molecule has 0 saturated heterocycles. The number of carbonyl (C=O) groups is 2. The molecular weight excluding hydrogens is 314 g/mol. The Hall–Kier alpha value is -2.30. The molecule has 0 atom stereocenters. The Kier molecular flexibility index (Phi) is 5.41. The van der Waals surface area contributed by atoms with Gasteiger partial charge < -0.3 is 15.5 Å². The third-order valence-electron chi connectivity index (χ3n) is 5.20. The Bertz CT molecular complexity index is 690. The summed E-state index contributed by atoms with van der Waals surface area (Å²) in [7, 11) is 0. The van der Waals surface area contributed by atoms with E-state index in [9.17, 15) is 9.59 Å². The van der Waals surface area contributed by atoms with Crippen molar-refractivity contribution < 1.29 is 9.59 Å². The number of anilines is 2. The van der Waals surface area contributed by atoms with Gasteiger partial charge in [-0.3, -0.25) is 4.79 Å². The number of nitrogens with zero attached hydrogens (tertiary/aromatic N) is 1. The van der Waals surface area contributed by atoms with Crippen LogP contribution in [-0.4, -0.2) is 29.9 Å². The number of rotatable bonds is 3. The Morgan fingerprint density at radius 2 is 1.88 bits per heavy atom. The van der Waals surface area contributed by atoms with Crippen LogP contribution >= 0.6 is 0 Å². The highest BCUT2D eigenvalue weighted by molar-refractivity contribution is 5.95. The Labute approximate surface area is 149 Å². The number of amides is 3. The van der Waals surface area contributed by atoms with Gasteiger partial charge in [0, 0.05) is 30.4 Å². The fraction of sp³-hybridized carbons (Fsp3) is 0.500. The zero-order chi connectivity index (χ0) is 17.8. The summed E-state index contributed by atoms with van der Waals surface area (Å²) in [5, 5.41) is 5.98. The van der Waals surface area contributed by atoms with Gasteiger partial charge in [0.25, 0.3) is 0 Å². The molecule has 1 aliphatic heterocycles. The number of carbonyl (C=O) groups excluding carboxylic acids is 2. The van der Waals surface area contributed by atoms with Gasteiger partial charge in [-0.25, -0.2) is 4.79 Å². The van der Waals surface area contributed by atoms with Crippen LogP contribution in [-0.2, 0) is 4.79 Å². The van der Waals surface area contributed by atoms with Crippen molar-refractivity contribution in [1.29, 1.82) is 0 Å². The van der Waals surface area contributed by atoms with E-state index in [-0.39, 0.29) is 17.9 Å². The number of hydrogen-bond donors (Lipinski definition) is 2. The van der Waals surface area contributed by atoms with Crippen molar-refractivity contribution in [1.82, 2.24) is 4.90 Å². The van der Waals surface area contributed by atoms with E-state index in [4.69, 9.17) is 0 Å². The van der Waals surface area contributed by atoms with E-state index in [1.807, 2.05) is 25.1 Å². The number of nitrogens with one attached hydrogen (secondary N) is 2. The summed E-state index contributed by atoms with van der Waals surface area (Å²) in [6.07, 6.45) is 7.23. The van der Waals surface area contributed by atoms with E-state index in [0.29, 0.717) is 12.2 Å². The van der Waals surface area contributed by atoms with Crippen molar-refractivity contribution in [2.24, 2.45) is 5.92 Å². The summed E-state index contributed by atoms with van der Waals surface area (Å²) >= 11 is 0. The van der Waals surface area contributed by atoms with Gasteiger partial charge in [-0.15, -0.1) is 0 Å². The number of hydrogen-bond acceptors (Lipinski definition) is 2. The van der Waals surface area contributed by atoms with E-state index < -0.39 is 0 Å². The average molecular weight is 341 g/mol. The maximum Gasteiger partial charge on any atom is 0.322 e. The fourth-order valence-electron chi connectivity index (χ4n) is 3.41. The van der Waals surface area contributed by atoms with E-state index in [1.54, 1.807) is 4.90 Å². The minimum atomic E-state index is -0.0966. The number of aryl methyl sites for hydroxylation is 1. The minimum Gasteiger partial charge on any atom is -0.326 e. The van der Waals surface area contributed by atoms with Crippen molar-refractivity contribution in [3.63, 3.8) is 0 Å². The van der Waals surface area contributed by atoms with Crippen LogP contribution in [0.4, 0.5) is 16.2 Å². The Balaban J connectivity index is 1.64. The highest BCUT2D eigenvalue weighted by Crippen LogP contribution is 2.27. The van der Waals surface area contributed by atoms with Gasteiger partial charge >= 0.3 is 6.03 Å². The van der Waals surface area contributed by atoms with Crippen LogP contribution in [0.25, 0.3) is 0 Å². The zero-order valence-corrected chi connectivity index (χ0v) is 15.1. The van der Waals surface area contributed by atoms with Crippen LogP contribution in [0.3, 0.4) is 0 Å². The predicted octanol–water partition coefficient (Wildman–Crippen LogP) is 4.31. The zero-order valence-electron chi connectivity index (χ0n) is 15.1. The normalized spacial score (nSPS) is 18.0. The number of urea groups is 1. The summed E-state index contributed by atoms with van der Waals surface area (Å²) in [5.74, 6) is 0.224. The largest absolute Gasteiger partial charge is 0.326 e. The van der Waals surface area contributed by atoms with E-state index in [2.05, 4.69) is 23.6 Å². The molecule has 5 nitrogen and oxygen atoms in total. The highest BCUT2D eigenvalue weighted by atomic mass is 16.2. The van der Waals surface area contributed by atoms with Crippen molar-refractivity contribution >= 4 is 23.3 Å². The summed E-state index contributed by atoms with van der Waals surface area (Å²) in [6.45, 7) is 5.45. The van der Waals surface area contributed by atoms with Gasteiger partial charge in [0.05, 0.1) is 0 Å². The second kappa shape index (κ2) is 7.72. The monoisotopic (exact) mass is 341 g/mol. The quantitative estimate of drug-likeness (QED) is 0.805. The molecule has 5 heteroatoms. The SMILES string of the molecule is CC1=CCN(C(=O)Nc2ccc(C)c(NC(=O)C3CCCC3)c2)CC1. The molecular formula is C20H27N3O2. The summed E-state index contributed by atoms with van der Waals surface area (Å²) in [5.41, 5.74) is 3.82. The molecule has 0 bridgehead atoms. The van der Waals surface area contributed by atoms with E-state index in [1.165, 1.54) is 5.57 Å². The molecule has 2 N–H and O–H groups in total. The van der Waals surface area contributed by atoms with Crippen LogP contribution in [0.2, 0.25) is 0 Å².